The third kappa shape index (κ3) is 3.16. The first-order valence-corrected chi connectivity index (χ1v) is 8.71. The van der Waals surface area contributed by atoms with E-state index in [2.05, 4.69) is 24.2 Å². The van der Waals surface area contributed by atoms with Gasteiger partial charge in [-0.15, -0.1) is 0 Å². The van der Waals surface area contributed by atoms with E-state index in [-0.39, 0.29) is 0 Å². The number of nitrogens with zero attached hydrogens (tertiary/aromatic N) is 1. The average Bonchev–Trinajstić information content (AvgIpc) is 2.68. The molecule has 2 atom stereocenters. The van der Waals surface area contributed by atoms with Crippen LogP contribution in [0.15, 0.2) is 0 Å². The summed E-state index contributed by atoms with van der Waals surface area (Å²) in [5, 5.41) is 3.92. The molecule has 2 unspecified atom stereocenters. The smallest absolute Gasteiger partial charge is 0.0111 e. The number of piperidine rings is 1. The van der Waals surface area contributed by atoms with Gasteiger partial charge in [-0.1, -0.05) is 26.2 Å². The van der Waals surface area contributed by atoms with Crippen LogP contribution in [-0.4, -0.2) is 36.6 Å². The lowest BCUT2D eigenvalue weighted by molar-refractivity contribution is 0.143. The van der Waals surface area contributed by atoms with Crippen LogP contribution in [0.2, 0.25) is 0 Å². The molecule has 3 fully saturated rings. The standard InChI is InChI=1S/C17H32N2/c1-3-13-4-6-14(7-5-13)12-18-15-10-16-8-9-17(11-15)19(16)2/h13-18H,3-12H2,1-2H3. The van der Waals surface area contributed by atoms with E-state index in [1.807, 2.05) is 0 Å². The second-order valence-electron chi connectivity index (χ2n) is 7.42. The van der Waals surface area contributed by atoms with Crippen molar-refractivity contribution in [2.75, 3.05) is 13.6 Å². The molecule has 2 saturated heterocycles. The van der Waals surface area contributed by atoms with Gasteiger partial charge in [0.25, 0.3) is 0 Å². The number of nitrogens with one attached hydrogen (secondary N) is 1. The fourth-order valence-electron chi connectivity index (χ4n) is 4.76. The molecular formula is C17H32N2. The van der Waals surface area contributed by atoms with E-state index in [1.54, 1.807) is 0 Å². The van der Waals surface area contributed by atoms with Crippen LogP contribution in [0.1, 0.15) is 64.7 Å². The van der Waals surface area contributed by atoms with Crippen molar-refractivity contribution in [3.8, 4) is 0 Å². The van der Waals surface area contributed by atoms with Gasteiger partial charge in [0.2, 0.25) is 0 Å². The minimum absolute atomic E-state index is 0.817. The molecule has 0 aromatic heterocycles. The zero-order valence-corrected chi connectivity index (χ0v) is 12.9. The molecule has 2 aliphatic heterocycles. The molecule has 2 heteroatoms. The molecular weight excluding hydrogens is 232 g/mol. The molecule has 1 aliphatic carbocycles. The molecule has 1 N–H and O–H groups in total. The number of hydrogen-bond acceptors (Lipinski definition) is 2. The first-order valence-electron chi connectivity index (χ1n) is 8.71. The maximum absolute atomic E-state index is 3.92. The fourth-order valence-corrected chi connectivity index (χ4v) is 4.76. The van der Waals surface area contributed by atoms with Gasteiger partial charge in [0.1, 0.15) is 0 Å². The highest BCUT2D eigenvalue weighted by atomic mass is 15.2. The van der Waals surface area contributed by atoms with E-state index < -0.39 is 0 Å². The van der Waals surface area contributed by atoms with Crippen molar-refractivity contribution < 1.29 is 0 Å². The topological polar surface area (TPSA) is 15.3 Å². The summed E-state index contributed by atoms with van der Waals surface area (Å²) in [6.07, 6.45) is 13.0. The van der Waals surface area contributed by atoms with Gasteiger partial charge in [-0.05, 0) is 64.0 Å². The van der Waals surface area contributed by atoms with Crippen molar-refractivity contribution in [1.29, 1.82) is 0 Å². The van der Waals surface area contributed by atoms with Crippen LogP contribution in [0.25, 0.3) is 0 Å². The molecule has 3 aliphatic rings. The van der Waals surface area contributed by atoms with Crippen LogP contribution >= 0.6 is 0 Å². The second-order valence-corrected chi connectivity index (χ2v) is 7.42. The monoisotopic (exact) mass is 264 g/mol. The summed E-state index contributed by atoms with van der Waals surface area (Å²) in [5.74, 6) is 2.01. The minimum Gasteiger partial charge on any atom is -0.314 e. The molecule has 3 rings (SSSR count). The Hall–Kier alpha value is -0.0800. The lowest BCUT2D eigenvalue weighted by atomic mass is 9.80. The lowest BCUT2D eigenvalue weighted by Crippen LogP contribution is -2.48. The fraction of sp³-hybridized carbons (Fsp3) is 1.00. The average molecular weight is 264 g/mol. The first-order chi connectivity index (χ1) is 9.26. The Morgan fingerprint density at radius 3 is 2.05 bits per heavy atom. The quantitative estimate of drug-likeness (QED) is 0.837. The van der Waals surface area contributed by atoms with E-state index in [0.717, 1.165) is 30.0 Å². The van der Waals surface area contributed by atoms with Gasteiger partial charge < -0.3 is 10.2 Å². The summed E-state index contributed by atoms with van der Waals surface area (Å²) in [4.78, 5) is 2.64. The molecule has 110 valence electrons. The van der Waals surface area contributed by atoms with Crippen LogP contribution in [0.4, 0.5) is 0 Å². The zero-order chi connectivity index (χ0) is 13.2. The number of hydrogen-bond donors (Lipinski definition) is 1. The molecule has 1 saturated carbocycles. The molecule has 2 heterocycles. The van der Waals surface area contributed by atoms with Gasteiger partial charge in [0, 0.05) is 18.1 Å². The Balaban J connectivity index is 1.39. The molecule has 0 amide bonds. The van der Waals surface area contributed by atoms with Crippen molar-refractivity contribution in [2.24, 2.45) is 11.8 Å². The summed E-state index contributed by atoms with van der Waals surface area (Å²) in [7, 11) is 2.34. The van der Waals surface area contributed by atoms with E-state index in [1.165, 1.54) is 64.3 Å². The van der Waals surface area contributed by atoms with E-state index in [9.17, 15) is 0 Å². The highest BCUT2D eigenvalue weighted by Gasteiger charge is 2.38. The van der Waals surface area contributed by atoms with Crippen LogP contribution in [0, 0.1) is 11.8 Å². The minimum atomic E-state index is 0.817. The Bertz CT molecular complexity index is 269. The maximum atomic E-state index is 3.92. The molecule has 0 radical (unpaired) electrons. The Labute approximate surface area is 119 Å². The SMILES string of the molecule is CCC1CCC(CNC2CC3CCC(C2)N3C)CC1. The first kappa shape index (κ1) is 13.9. The predicted octanol–water partition coefficient (Wildman–Crippen LogP) is 3.42. The molecule has 2 nitrogen and oxygen atoms in total. The Morgan fingerprint density at radius 1 is 0.895 bits per heavy atom. The third-order valence-corrected chi connectivity index (χ3v) is 6.34. The summed E-state index contributed by atoms with van der Waals surface area (Å²) in [6, 6.07) is 2.58. The summed E-state index contributed by atoms with van der Waals surface area (Å²) >= 11 is 0. The van der Waals surface area contributed by atoms with E-state index in [4.69, 9.17) is 0 Å². The summed E-state index contributed by atoms with van der Waals surface area (Å²) in [5.41, 5.74) is 0. The van der Waals surface area contributed by atoms with Crippen LogP contribution in [0.3, 0.4) is 0 Å². The molecule has 0 aromatic carbocycles. The van der Waals surface area contributed by atoms with E-state index >= 15 is 0 Å². The molecule has 19 heavy (non-hydrogen) atoms. The maximum Gasteiger partial charge on any atom is 0.0111 e. The highest BCUT2D eigenvalue weighted by molar-refractivity contribution is 4.96. The van der Waals surface area contributed by atoms with Gasteiger partial charge in [0.05, 0.1) is 0 Å². The van der Waals surface area contributed by atoms with Gasteiger partial charge >= 0.3 is 0 Å². The summed E-state index contributed by atoms with van der Waals surface area (Å²) in [6.45, 7) is 3.65. The van der Waals surface area contributed by atoms with Crippen molar-refractivity contribution >= 4 is 0 Å². The predicted molar refractivity (Wildman–Crippen MR) is 81.3 cm³/mol. The van der Waals surface area contributed by atoms with Gasteiger partial charge in [-0.2, -0.15) is 0 Å². The van der Waals surface area contributed by atoms with Crippen LogP contribution in [-0.2, 0) is 0 Å². The zero-order valence-electron chi connectivity index (χ0n) is 12.9. The van der Waals surface area contributed by atoms with Crippen molar-refractivity contribution in [2.45, 2.75) is 82.8 Å². The van der Waals surface area contributed by atoms with Gasteiger partial charge in [-0.25, -0.2) is 0 Å². The Kier molecular flexibility index (Phi) is 4.48. The second kappa shape index (κ2) is 6.13. The van der Waals surface area contributed by atoms with E-state index in [0.29, 0.717) is 0 Å². The number of fused-ring (bicyclic) bond motifs is 2. The van der Waals surface area contributed by atoms with Crippen molar-refractivity contribution in [3.05, 3.63) is 0 Å². The summed E-state index contributed by atoms with van der Waals surface area (Å²) < 4.78 is 0. The molecule has 0 aromatic rings. The van der Waals surface area contributed by atoms with Crippen molar-refractivity contribution in [1.82, 2.24) is 10.2 Å². The normalized spacial score (nSPS) is 43.6. The molecule has 0 spiro atoms. The molecule has 2 bridgehead atoms. The van der Waals surface area contributed by atoms with Crippen molar-refractivity contribution in [3.63, 3.8) is 0 Å². The van der Waals surface area contributed by atoms with Gasteiger partial charge in [-0.3, -0.25) is 0 Å². The largest absolute Gasteiger partial charge is 0.314 e. The van der Waals surface area contributed by atoms with Crippen LogP contribution < -0.4 is 5.32 Å². The van der Waals surface area contributed by atoms with Gasteiger partial charge in [0.15, 0.2) is 0 Å². The number of rotatable bonds is 4. The Morgan fingerprint density at radius 2 is 1.47 bits per heavy atom. The van der Waals surface area contributed by atoms with Crippen LogP contribution in [0.5, 0.6) is 0 Å². The third-order valence-electron chi connectivity index (χ3n) is 6.34. The highest BCUT2D eigenvalue weighted by Crippen LogP contribution is 2.35. The lowest BCUT2D eigenvalue weighted by Gasteiger charge is -2.38.